The van der Waals surface area contributed by atoms with E-state index < -0.39 is 6.09 Å². The summed E-state index contributed by atoms with van der Waals surface area (Å²) in [7, 11) is 1.55. The van der Waals surface area contributed by atoms with E-state index in [0.717, 1.165) is 46.9 Å². The van der Waals surface area contributed by atoms with E-state index in [-0.39, 0.29) is 5.92 Å². The molecule has 4 heterocycles. The minimum absolute atomic E-state index is 0.153. The highest BCUT2D eigenvalue weighted by Crippen LogP contribution is 2.33. The van der Waals surface area contributed by atoms with Gasteiger partial charge in [0.05, 0.1) is 11.9 Å². The van der Waals surface area contributed by atoms with Gasteiger partial charge in [-0.3, -0.25) is 0 Å². The van der Waals surface area contributed by atoms with Crippen molar-refractivity contribution in [3.05, 3.63) is 30.4 Å². The van der Waals surface area contributed by atoms with Crippen molar-refractivity contribution in [3.63, 3.8) is 0 Å². The Morgan fingerprint density at radius 3 is 3.25 bits per heavy atom. The molecule has 124 valence electrons. The van der Waals surface area contributed by atoms with Crippen molar-refractivity contribution in [1.29, 1.82) is 0 Å². The fraction of sp³-hybridized carbons (Fsp3) is 0.375. The summed E-state index contributed by atoms with van der Waals surface area (Å²) in [6, 6.07) is 2.01. The molecule has 1 saturated heterocycles. The second-order valence-corrected chi connectivity index (χ2v) is 5.91. The third-order valence-electron chi connectivity index (χ3n) is 4.42. The van der Waals surface area contributed by atoms with Gasteiger partial charge in [0.25, 0.3) is 0 Å². The Morgan fingerprint density at radius 2 is 2.38 bits per heavy atom. The smallest absolute Gasteiger partial charge is 0.351 e. The van der Waals surface area contributed by atoms with Gasteiger partial charge in [-0.2, -0.15) is 10.2 Å². The van der Waals surface area contributed by atoms with E-state index in [2.05, 4.69) is 25.5 Å². The number of amides is 1. The number of pyridine rings is 1. The minimum atomic E-state index is -0.447. The Balaban J connectivity index is 1.73. The van der Waals surface area contributed by atoms with Crippen molar-refractivity contribution < 1.29 is 9.63 Å². The minimum Gasteiger partial charge on any atom is -0.351 e. The first-order chi connectivity index (χ1) is 11.8. The summed E-state index contributed by atoms with van der Waals surface area (Å²) in [5, 5.41) is 15.8. The number of hydrogen-bond acceptors (Lipinski definition) is 6. The van der Waals surface area contributed by atoms with Crippen molar-refractivity contribution >= 4 is 27.9 Å². The summed E-state index contributed by atoms with van der Waals surface area (Å²) in [5.74, 6) is 0.153. The fourth-order valence-electron chi connectivity index (χ4n) is 3.31. The summed E-state index contributed by atoms with van der Waals surface area (Å²) < 4.78 is 0. The third kappa shape index (κ3) is 2.54. The molecule has 1 aliphatic heterocycles. The van der Waals surface area contributed by atoms with Crippen LogP contribution in [0.15, 0.2) is 24.7 Å². The molecule has 1 fully saturated rings. The maximum atomic E-state index is 11.5. The van der Waals surface area contributed by atoms with Gasteiger partial charge in [-0.15, -0.1) is 5.06 Å². The lowest BCUT2D eigenvalue weighted by Gasteiger charge is -2.30. The molecule has 1 aliphatic rings. The zero-order chi connectivity index (χ0) is 16.5. The zero-order valence-corrected chi connectivity index (χ0v) is 13.3. The number of piperidine rings is 1. The van der Waals surface area contributed by atoms with Gasteiger partial charge in [-0.1, -0.05) is 0 Å². The van der Waals surface area contributed by atoms with Crippen LogP contribution in [0.25, 0.3) is 21.8 Å². The molecule has 3 aromatic heterocycles. The van der Waals surface area contributed by atoms with E-state index in [1.165, 1.54) is 0 Å². The monoisotopic (exact) mass is 326 g/mol. The largest absolute Gasteiger partial charge is 0.426 e. The maximum Gasteiger partial charge on any atom is 0.426 e. The third-order valence-corrected chi connectivity index (χ3v) is 4.42. The molecule has 4 rings (SSSR count). The SMILES string of the molecule is CNC(=O)ON1CCCC(c2nncc3cnc4[nH]ccc4c23)C1. The van der Waals surface area contributed by atoms with Crippen molar-refractivity contribution in [2.75, 3.05) is 20.1 Å². The van der Waals surface area contributed by atoms with Crippen LogP contribution in [0.1, 0.15) is 24.5 Å². The average Bonchev–Trinajstić information content (AvgIpc) is 3.10. The number of hydroxylamine groups is 2. The highest BCUT2D eigenvalue weighted by molar-refractivity contribution is 6.05. The Kier molecular flexibility index (Phi) is 3.73. The number of aromatic amines is 1. The van der Waals surface area contributed by atoms with E-state index in [1.807, 2.05) is 18.5 Å². The first-order valence-electron chi connectivity index (χ1n) is 7.98. The van der Waals surface area contributed by atoms with Gasteiger partial charge >= 0.3 is 6.09 Å². The summed E-state index contributed by atoms with van der Waals surface area (Å²) in [6.07, 6.45) is 6.89. The van der Waals surface area contributed by atoms with Crippen LogP contribution in [-0.4, -0.2) is 51.5 Å². The number of hydrogen-bond donors (Lipinski definition) is 2. The second-order valence-electron chi connectivity index (χ2n) is 5.91. The van der Waals surface area contributed by atoms with Crippen LogP contribution in [0.3, 0.4) is 0 Å². The fourth-order valence-corrected chi connectivity index (χ4v) is 3.31. The molecule has 0 aliphatic carbocycles. The predicted octanol–water partition coefficient (Wildman–Crippen LogP) is 1.96. The number of H-pyrrole nitrogens is 1. The lowest BCUT2D eigenvalue weighted by atomic mass is 9.92. The topological polar surface area (TPSA) is 96.0 Å². The van der Waals surface area contributed by atoms with E-state index in [4.69, 9.17) is 4.84 Å². The molecule has 0 saturated carbocycles. The number of carbonyl (C=O) groups is 1. The number of carbonyl (C=O) groups excluding carboxylic acids is 1. The molecule has 0 radical (unpaired) electrons. The molecule has 2 N–H and O–H groups in total. The van der Waals surface area contributed by atoms with Crippen LogP contribution >= 0.6 is 0 Å². The molecular formula is C16H18N6O2. The number of rotatable bonds is 2. The molecular weight excluding hydrogens is 308 g/mol. The lowest BCUT2D eigenvalue weighted by Crippen LogP contribution is -2.38. The summed E-state index contributed by atoms with van der Waals surface area (Å²) in [4.78, 5) is 24.3. The van der Waals surface area contributed by atoms with Gasteiger partial charge in [-0.05, 0) is 18.9 Å². The quantitative estimate of drug-likeness (QED) is 0.747. The van der Waals surface area contributed by atoms with Gasteiger partial charge < -0.3 is 15.1 Å². The summed E-state index contributed by atoms with van der Waals surface area (Å²) in [6.45, 7) is 1.33. The van der Waals surface area contributed by atoms with E-state index in [9.17, 15) is 4.79 Å². The standard InChI is InChI=1S/C16H18N6O2/c1-17-16(23)24-22-6-2-3-10(9-22)14-13-11(8-20-21-14)7-19-15-12(13)4-5-18-15/h4-5,7-8,10H,2-3,6,9H2,1H3,(H,17,23)(H,18,19). The normalized spacial score (nSPS) is 18.8. The second kappa shape index (κ2) is 6.04. The number of fused-ring (bicyclic) bond motifs is 3. The Bertz CT molecular complexity index is 893. The molecule has 8 heteroatoms. The predicted molar refractivity (Wildman–Crippen MR) is 88.3 cm³/mol. The van der Waals surface area contributed by atoms with Crippen molar-refractivity contribution in [3.8, 4) is 0 Å². The van der Waals surface area contributed by atoms with Crippen LogP contribution in [0.2, 0.25) is 0 Å². The van der Waals surface area contributed by atoms with Crippen LogP contribution < -0.4 is 5.32 Å². The van der Waals surface area contributed by atoms with Gasteiger partial charge in [-0.25, -0.2) is 9.78 Å². The Morgan fingerprint density at radius 1 is 1.46 bits per heavy atom. The van der Waals surface area contributed by atoms with Crippen molar-refractivity contribution in [2.45, 2.75) is 18.8 Å². The van der Waals surface area contributed by atoms with Gasteiger partial charge in [0.15, 0.2) is 0 Å². The van der Waals surface area contributed by atoms with Crippen molar-refractivity contribution in [2.24, 2.45) is 0 Å². The van der Waals surface area contributed by atoms with Gasteiger partial charge in [0.2, 0.25) is 0 Å². The van der Waals surface area contributed by atoms with E-state index in [0.29, 0.717) is 6.54 Å². The highest BCUT2D eigenvalue weighted by Gasteiger charge is 2.27. The molecule has 8 nitrogen and oxygen atoms in total. The number of aromatic nitrogens is 4. The Labute approximate surface area is 138 Å². The molecule has 3 aromatic rings. The number of nitrogens with one attached hydrogen (secondary N) is 2. The van der Waals surface area contributed by atoms with Crippen LogP contribution in [0, 0.1) is 0 Å². The first-order valence-corrected chi connectivity index (χ1v) is 7.98. The van der Waals surface area contributed by atoms with Crippen LogP contribution in [-0.2, 0) is 4.84 Å². The highest BCUT2D eigenvalue weighted by atomic mass is 16.7. The molecule has 0 spiro atoms. The first kappa shape index (κ1) is 14.8. The average molecular weight is 326 g/mol. The van der Waals surface area contributed by atoms with Crippen LogP contribution in [0.4, 0.5) is 4.79 Å². The molecule has 24 heavy (non-hydrogen) atoms. The zero-order valence-electron chi connectivity index (χ0n) is 13.3. The molecule has 1 amide bonds. The molecule has 0 aromatic carbocycles. The Hall–Kier alpha value is -2.74. The van der Waals surface area contributed by atoms with Crippen molar-refractivity contribution in [1.82, 2.24) is 30.5 Å². The number of nitrogens with zero attached hydrogens (tertiary/aromatic N) is 4. The van der Waals surface area contributed by atoms with Crippen LogP contribution in [0.5, 0.6) is 0 Å². The summed E-state index contributed by atoms with van der Waals surface area (Å²) >= 11 is 0. The maximum absolute atomic E-state index is 11.5. The lowest BCUT2D eigenvalue weighted by molar-refractivity contribution is -0.115. The van der Waals surface area contributed by atoms with E-state index >= 15 is 0 Å². The van der Waals surface area contributed by atoms with E-state index in [1.54, 1.807) is 18.3 Å². The molecule has 1 unspecified atom stereocenters. The van der Waals surface area contributed by atoms with Gasteiger partial charge in [0.1, 0.15) is 5.65 Å². The molecule has 0 bridgehead atoms. The molecule has 1 atom stereocenters. The van der Waals surface area contributed by atoms with Gasteiger partial charge in [0, 0.05) is 54.6 Å². The summed E-state index contributed by atoms with van der Waals surface area (Å²) in [5.41, 5.74) is 1.77.